The molecule has 0 aliphatic heterocycles. The fourth-order valence-corrected chi connectivity index (χ4v) is 2.54. The fraction of sp³-hybridized carbons (Fsp3) is 0.533. The fourth-order valence-electron chi connectivity index (χ4n) is 2.54. The van der Waals surface area contributed by atoms with Gasteiger partial charge in [-0.25, -0.2) is 8.78 Å². The number of halogens is 2. The first-order chi connectivity index (χ1) is 9.82. The number of benzene rings is 1. The Balaban J connectivity index is 2.14. The summed E-state index contributed by atoms with van der Waals surface area (Å²) >= 11 is 0. The Bertz CT molecular complexity index is 526. The van der Waals surface area contributed by atoms with E-state index in [1.54, 1.807) is 0 Å². The number of amidine groups is 1. The zero-order valence-corrected chi connectivity index (χ0v) is 12.2. The van der Waals surface area contributed by atoms with Crippen molar-refractivity contribution in [3.63, 3.8) is 0 Å². The lowest BCUT2D eigenvalue weighted by atomic mass is 9.76. The molecule has 3 N–H and O–H groups in total. The van der Waals surface area contributed by atoms with Crippen LogP contribution in [0, 0.1) is 17.0 Å². The molecule has 116 valence electrons. The van der Waals surface area contributed by atoms with Crippen LogP contribution in [0.3, 0.4) is 0 Å². The average Bonchev–Trinajstić information content (AvgIpc) is 2.43. The minimum atomic E-state index is -0.846. The van der Waals surface area contributed by atoms with Gasteiger partial charge in [-0.3, -0.25) is 0 Å². The van der Waals surface area contributed by atoms with Crippen molar-refractivity contribution < 1.29 is 18.7 Å². The van der Waals surface area contributed by atoms with Gasteiger partial charge in [0.15, 0.2) is 23.2 Å². The Hall–Kier alpha value is -1.85. The maximum Gasteiger partial charge on any atom is 0.191 e. The summed E-state index contributed by atoms with van der Waals surface area (Å²) in [7, 11) is 0. The number of oxime groups is 1. The van der Waals surface area contributed by atoms with E-state index in [4.69, 9.17) is 15.7 Å². The van der Waals surface area contributed by atoms with Crippen LogP contribution in [0.15, 0.2) is 17.3 Å². The highest BCUT2D eigenvalue weighted by atomic mass is 19.1. The molecule has 1 aromatic rings. The molecule has 1 fully saturated rings. The van der Waals surface area contributed by atoms with Crippen LogP contribution in [0.5, 0.6) is 5.75 Å². The molecule has 0 heterocycles. The standard InChI is InChI=1S/C15H20F2N2O2/c1-15(2)5-3-10(4-6-15)21-13-11(16)7-9(8-12(13)17)14(18)19-20/h7-8,10,20H,3-6H2,1-2H3,(H2,18,19). The van der Waals surface area contributed by atoms with E-state index in [1.165, 1.54) is 0 Å². The van der Waals surface area contributed by atoms with Crippen molar-refractivity contribution in [2.45, 2.75) is 45.6 Å². The molecule has 0 aromatic heterocycles. The number of ether oxygens (including phenoxy) is 1. The first kappa shape index (κ1) is 15.5. The van der Waals surface area contributed by atoms with Crippen LogP contribution in [0.25, 0.3) is 0 Å². The number of rotatable bonds is 3. The predicted molar refractivity (Wildman–Crippen MR) is 75.5 cm³/mol. The lowest BCUT2D eigenvalue weighted by Crippen LogP contribution is -2.29. The maximum absolute atomic E-state index is 14.0. The van der Waals surface area contributed by atoms with Gasteiger partial charge in [0.05, 0.1) is 6.10 Å². The topological polar surface area (TPSA) is 67.8 Å². The van der Waals surface area contributed by atoms with E-state index in [1.807, 2.05) is 0 Å². The third-order valence-electron chi connectivity index (χ3n) is 3.97. The summed E-state index contributed by atoms with van der Waals surface area (Å²) in [6.45, 7) is 4.35. The first-order valence-corrected chi connectivity index (χ1v) is 6.96. The van der Waals surface area contributed by atoms with Gasteiger partial charge in [0, 0.05) is 5.56 Å². The number of hydrogen-bond acceptors (Lipinski definition) is 3. The Kier molecular flexibility index (Phi) is 4.34. The molecule has 0 spiro atoms. The Morgan fingerprint density at radius 2 is 1.81 bits per heavy atom. The second kappa shape index (κ2) is 5.87. The molecule has 1 aliphatic carbocycles. The zero-order valence-electron chi connectivity index (χ0n) is 12.2. The quantitative estimate of drug-likeness (QED) is 0.389. The van der Waals surface area contributed by atoms with Crippen LogP contribution in [0.1, 0.15) is 45.1 Å². The summed E-state index contributed by atoms with van der Waals surface area (Å²) in [4.78, 5) is 0. The van der Waals surface area contributed by atoms with E-state index in [2.05, 4.69) is 19.0 Å². The van der Waals surface area contributed by atoms with Crippen molar-refractivity contribution in [1.29, 1.82) is 0 Å². The molecule has 0 bridgehead atoms. The molecule has 21 heavy (non-hydrogen) atoms. The van der Waals surface area contributed by atoms with Crippen LogP contribution in [-0.2, 0) is 0 Å². The van der Waals surface area contributed by atoms with Crippen LogP contribution >= 0.6 is 0 Å². The van der Waals surface area contributed by atoms with Crippen molar-refractivity contribution in [2.24, 2.45) is 16.3 Å². The highest BCUT2D eigenvalue weighted by Gasteiger charge is 2.29. The number of nitrogens with two attached hydrogens (primary N) is 1. The molecule has 0 saturated heterocycles. The third kappa shape index (κ3) is 3.62. The molecule has 2 rings (SSSR count). The summed E-state index contributed by atoms with van der Waals surface area (Å²) < 4.78 is 33.4. The molecule has 6 heteroatoms. The smallest absolute Gasteiger partial charge is 0.191 e. The van der Waals surface area contributed by atoms with Gasteiger partial charge in [0.1, 0.15) is 0 Å². The lowest BCUT2D eigenvalue weighted by molar-refractivity contribution is 0.0914. The Labute approximate surface area is 122 Å². The van der Waals surface area contributed by atoms with Crippen LogP contribution in [0.2, 0.25) is 0 Å². The van der Waals surface area contributed by atoms with Crippen molar-refractivity contribution in [1.82, 2.24) is 0 Å². The second-order valence-electron chi connectivity index (χ2n) is 6.24. The lowest BCUT2D eigenvalue weighted by Gasteiger charge is -2.34. The largest absolute Gasteiger partial charge is 0.484 e. The van der Waals surface area contributed by atoms with Gasteiger partial charge in [-0.2, -0.15) is 0 Å². The monoisotopic (exact) mass is 298 g/mol. The minimum Gasteiger partial charge on any atom is -0.484 e. The zero-order chi connectivity index (χ0) is 15.6. The molecular weight excluding hydrogens is 278 g/mol. The molecule has 1 aromatic carbocycles. The van der Waals surface area contributed by atoms with E-state index in [0.29, 0.717) is 0 Å². The molecular formula is C15H20F2N2O2. The maximum atomic E-state index is 14.0. The van der Waals surface area contributed by atoms with Crippen molar-refractivity contribution >= 4 is 5.84 Å². The second-order valence-corrected chi connectivity index (χ2v) is 6.24. The van der Waals surface area contributed by atoms with E-state index in [-0.39, 0.29) is 22.9 Å². The Morgan fingerprint density at radius 1 is 1.29 bits per heavy atom. The normalized spacial score (nSPS) is 19.5. The van der Waals surface area contributed by atoms with Gasteiger partial charge in [-0.15, -0.1) is 0 Å². The minimum absolute atomic E-state index is 0.0235. The van der Waals surface area contributed by atoms with Crippen LogP contribution in [-0.4, -0.2) is 17.1 Å². The molecule has 0 amide bonds. The van der Waals surface area contributed by atoms with E-state index < -0.39 is 17.4 Å². The third-order valence-corrected chi connectivity index (χ3v) is 3.97. The van der Waals surface area contributed by atoms with Crippen molar-refractivity contribution in [3.8, 4) is 5.75 Å². The van der Waals surface area contributed by atoms with Gasteiger partial charge < -0.3 is 15.7 Å². The molecule has 0 radical (unpaired) electrons. The number of hydrogen-bond donors (Lipinski definition) is 2. The Morgan fingerprint density at radius 3 is 2.29 bits per heavy atom. The molecule has 0 unspecified atom stereocenters. The van der Waals surface area contributed by atoms with E-state index in [0.717, 1.165) is 37.8 Å². The van der Waals surface area contributed by atoms with E-state index >= 15 is 0 Å². The highest BCUT2D eigenvalue weighted by molar-refractivity contribution is 5.97. The van der Waals surface area contributed by atoms with Crippen LogP contribution in [0.4, 0.5) is 8.78 Å². The molecule has 0 atom stereocenters. The summed E-state index contributed by atoms with van der Waals surface area (Å²) in [5.74, 6) is -2.43. The average molecular weight is 298 g/mol. The molecule has 1 aliphatic rings. The van der Waals surface area contributed by atoms with Crippen molar-refractivity contribution in [3.05, 3.63) is 29.3 Å². The van der Waals surface area contributed by atoms with Gasteiger partial charge >= 0.3 is 0 Å². The van der Waals surface area contributed by atoms with Gasteiger partial charge in [0.2, 0.25) is 0 Å². The van der Waals surface area contributed by atoms with Gasteiger partial charge in [-0.05, 0) is 43.2 Å². The van der Waals surface area contributed by atoms with E-state index in [9.17, 15) is 8.78 Å². The summed E-state index contributed by atoms with van der Waals surface area (Å²) in [6.07, 6.45) is 3.28. The highest BCUT2D eigenvalue weighted by Crippen LogP contribution is 2.37. The predicted octanol–water partition coefficient (Wildman–Crippen LogP) is 3.41. The summed E-state index contributed by atoms with van der Waals surface area (Å²) in [5.41, 5.74) is 5.56. The molecule has 1 saturated carbocycles. The first-order valence-electron chi connectivity index (χ1n) is 6.96. The van der Waals surface area contributed by atoms with Crippen LogP contribution < -0.4 is 10.5 Å². The molecule has 4 nitrogen and oxygen atoms in total. The summed E-state index contributed by atoms with van der Waals surface area (Å²) in [5, 5.41) is 11.3. The number of nitrogens with zero attached hydrogens (tertiary/aromatic N) is 1. The van der Waals surface area contributed by atoms with Crippen molar-refractivity contribution in [2.75, 3.05) is 0 Å². The van der Waals surface area contributed by atoms with Gasteiger partial charge in [0.25, 0.3) is 0 Å². The van der Waals surface area contributed by atoms with Gasteiger partial charge in [-0.1, -0.05) is 19.0 Å². The summed E-state index contributed by atoms with van der Waals surface area (Å²) in [6, 6.07) is 2.00. The SMILES string of the molecule is CC1(C)CCC(Oc2c(F)cc(C(N)=NO)cc2F)CC1.